The van der Waals surface area contributed by atoms with Crippen LogP contribution in [0.3, 0.4) is 0 Å². The van der Waals surface area contributed by atoms with Crippen molar-refractivity contribution in [2.45, 2.75) is 6.42 Å². The topological polar surface area (TPSA) is 83.6 Å². The van der Waals surface area contributed by atoms with Crippen LogP contribution in [-0.2, 0) is 0 Å². The van der Waals surface area contributed by atoms with Crippen LogP contribution < -0.4 is 15.4 Å². The van der Waals surface area contributed by atoms with Crippen molar-refractivity contribution in [3.05, 3.63) is 53.9 Å². The highest BCUT2D eigenvalue weighted by Crippen LogP contribution is 2.17. The first-order valence-electron chi connectivity index (χ1n) is 8.35. The quantitative estimate of drug-likeness (QED) is 0.707. The molecule has 2 amide bonds. The molecule has 1 aromatic heterocycles. The molecule has 1 aromatic carbocycles. The lowest BCUT2D eigenvalue weighted by Gasteiger charge is -2.10. The molecule has 2 N–H and O–H groups in total. The van der Waals surface area contributed by atoms with E-state index in [2.05, 4.69) is 15.6 Å². The van der Waals surface area contributed by atoms with Crippen molar-refractivity contribution < 1.29 is 14.3 Å². The number of rotatable bonds is 8. The molecule has 0 radical (unpaired) electrons. The molecule has 0 atom stereocenters. The van der Waals surface area contributed by atoms with Crippen molar-refractivity contribution in [2.24, 2.45) is 0 Å². The number of aromatic nitrogens is 1. The summed E-state index contributed by atoms with van der Waals surface area (Å²) in [6.07, 6.45) is 0.842. The van der Waals surface area contributed by atoms with Gasteiger partial charge in [-0.15, -0.1) is 0 Å². The van der Waals surface area contributed by atoms with Gasteiger partial charge in [-0.25, -0.2) is 4.98 Å². The molecule has 0 bridgehead atoms. The van der Waals surface area contributed by atoms with Gasteiger partial charge in [-0.3, -0.25) is 9.59 Å². The first-order valence-corrected chi connectivity index (χ1v) is 8.35. The summed E-state index contributed by atoms with van der Waals surface area (Å²) in [6.45, 7) is 1.44. The lowest BCUT2D eigenvalue weighted by molar-refractivity contribution is 0.0947. The predicted octanol–water partition coefficient (Wildman–Crippen LogP) is 2.02. The molecule has 0 saturated carbocycles. The molecule has 7 nitrogen and oxygen atoms in total. The Bertz CT molecular complexity index is 762. The standard InChI is InChI=1S/C19H24N4O3/c1-23(2)12-6-11-20-18(24)16-9-5-10-17(22-16)19(25)21-14-7-4-8-15(13-14)26-3/h4-5,7-10,13H,6,11-12H2,1-3H3,(H,20,24)(H,21,25). The Hall–Kier alpha value is -2.93. The highest BCUT2D eigenvalue weighted by atomic mass is 16.5. The smallest absolute Gasteiger partial charge is 0.274 e. The van der Waals surface area contributed by atoms with E-state index in [1.807, 2.05) is 19.0 Å². The van der Waals surface area contributed by atoms with E-state index < -0.39 is 0 Å². The number of carbonyl (C=O) groups excluding carboxylic acids is 2. The van der Waals surface area contributed by atoms with E-state index in [-0.39, 0.29) is 23.2 Å². The normalized spacial score (nSPS) is 10.5. The number of carbonyl (C=O) groups is 2. The number of hydrogen-bond donors (Lipinski definition) is 2. The molecule has 2 aromatic rings. The third-order valence-electron chi connectivity index (χ3n) is 3.61. The average Bonchev–Trinajstić information content (AvgIpc) is 2.65. The van der Waals surface area contributed by atoms with Crippen LogP contribution in [-0.4, -0.2) is 56.0 Å². The third-order valence-corrected chi connectivity index (χ3v) is 3.61. The summed E-state index contributed by atoms with van der Waals surface area (Å²) in [5.74, 6) is -0.0399. The summed E-state index contributed by atoms with van der Waals surface area (Å²) in [4.78, 5) is 30.8. The van der Waals surface area contributed by atoms with E-state index in [1.54, 1.807) is 49.6 Å². The Balaban J connectivity index is 1.98. The fourth-order valence-corrected chi connectivity index (χ4v) is 2.27. The highest BCUT2D eigenvalue weighted by molar-refractivity contribution is 6.03. The van der Waals surface area contributed by atoms with Gasteiger partial charge in [0.05, 0.1) is 7.11 Å². The minimum absolute atomic E-state index is 0.175. The van der Waals surface area contributed by atoms with E-state index in [4.69, 9.17) is 4.74 Å². The second-order valence-electron chi connectivity index (χ2n) is 6.01. The first kappa shape index (κ1) is 19.4. The van der Waals surface area contributed by atoms with Crippen molar-refractivity contribution in [2.75, 3.05) is 39.6 Å². The highest BCUT2D eigenvalue weighted by Gasteiger charge is 2.12. The van der Waals surface area contributed by atoms with Gasteiger partial charge in [-0.05, 0) is 51.3 Å². The number of benzene rings is 1. The molecule has 0 aliphatic heterocycles. The largest absolute Gasteiger partial charge is 0.497 e. The van der Waals surface area contributed by atoms with E-state index in [9.17, 15) is 9.59 Å². The summed E-state index contributed by atoms with van der Waals surface area (Å²) >= 11 is 0. The average molecular weight is 356 g/mol. The van der Waals surface area contributed by atoms with Gasteiger partial charge >= 0.3 is 0 Å². The Labute approximate surface area is 153 Å². The number of pyridine rings is 1. The van der Waals surface area contributed by atoms with Crippen molar-refractivity contribution >= 4 is 17.5 Å². The number of amides is 2. The molecule has 1 heterocycles. The zero-order valence-corrected chi connectivity index (χ0v) is 15.3. The van der Waals surface area contributed by atoms with Crippen LogP contribution in [0.15, 0.2) is 42.5 Å². The SMILES string of the molecule is COc1cccc(NC(=O)c2cccc(C(=O)NCCCN(C)C)n2)c1. The molecule has 7 heteroatoms. The van der Waals surface area contributed by atoms with Crippen molar-refractivity contribution in [3.8, 4) is 5.75 Å². The minimum Gasteiger partial charge on any atom is -0.497 e. The lowest BCUT2D eigenvalue weighted by atomic mass is 10.2. The molecule has 0 aliphatic carbocycles. The fraction of sp³-hybridized carbons (Fsp3) is 0.316. The van der Waals surface area contributed by atoms with Gasteiger partial charge in [0.2, 0.25) is 0 Å². The maximum atomic E-state index is 12.4. The van der Waals surface area contributed by atoms with Gasteiger partial charge in [0.1, 0.15) is 17.1 Å². The Morgan fingerprint density at radius 3 is 2.46 bits per heavy atom. The number of ether oxygens (including phenoxy) is 1. The molecular formula is C19H24N4O3. The number of nitrogens with one attached hydrogen (secondary N) is 2. The zero-order valence-electron chi connectivity index (χ0n) is 15.3. The van der Waals surface area contributed by atoms with Crippen LogP contribution in [0.2, 0.25) is 0 Å². The summed E-state index contributed by atoms with van der Waals surface area (Å²) in [7, 11) is 5.52. The Morgan fingerprint density at radius 2 is 1.77 bits per heavy atom. The van der Waals surface area contributed by atoms with Crippen LogP contribution in [0.25, 0.3) is 0 Å². The molecule has 0 spiro atoms. The predicted molar refractivity (Wildman–Crippen MR) is 101 cm³/mol. The maximum Gasteiger partial charge on any atom is 0.274 e. The van der Waals surface area contributed by atoms with Gasteiger partial charge in [0.15, 0.2) is 0 Å². The van der Waals surface area contributed by atoms with Crippen LogP contribution >= 0.6 is 0 Å². The van der Waals surface area contributed by atoms with Gasteiger partial charge < -0.3 is 20.3 Å². The van der Waals surface area contributed by atoms with Gasteiger partial charge in [0, 0.05) is 18.3 Å². The number of anilines is 1. The van der Waals surface area contributed by atoms with E-state index in [1.165, 1.54) is 0 Å². The minimum atomic E-state index is -0.388. The fourth-order valence-electron chi connectivity index (χ4n) is 2.27. The molecule has 0 saturated heterocycles. The molecular weight excluding hydrogens is 332 g/mol. The second-order valence-corrected chi connectivity index (χ2v) is 6.01. The van der Waals surface area contributed by atoms with Crippen LogP contribution in [0.1, 0.15) is 27.4 Å². The number of hydrogen-bond acceptors (Lipinski definition) is 5. The molecule has 0 aliphatic rings. The summed E-state index contributed by atoms with van der Waals surface area (Å²) in [5, 5.41) is 5.55. The van der Waals surface area contributed by atoms with E-state index in [0.29, 0.717) is 18.0 Å². The molecule has 0 fully saturated rings. The Morgan fingerprint density at radius 1 is 1.08 bits per heavy atom. The van der Waals surface area contributed by atoms with Crippen LogP contribution in [0.5, 0.6) is 5.75 Å². The summed E-state index contributed by atoms with van der Waals surface area (Å²) < 4.78 is 5.13. The summed E-state index contributed by atoms with van der Waals surface area (Å²) in [6, 6.07) is 11.8. The van der Waals surface area contributed by atoms with Crippen molar-refractivity contribution in [1.29, 1.82) is 0 Å². The molecule has 0 unspecified atom stereocenters. The van der Waals surface area contributed by atoms with E-state index >= 15 is 0 Å². The summed E-state index contributed by atoms with van der Waals surface area (Å²) in [5.41, 5.74) is 0.983. The lowest BCUT2D eigenvalue weighted by Crippen LogP contribution is -2.28. The van der Waals surface area contributed by atoms with E-state index in [0.717, 1.165) is 13.0 Å². The molecule has 138 valence electrons. The molecule has 26 heavy (non-hydrogen) atoms. The van der Waals surface area contributed by atoms with Gasteiger partial charge in [-0.2, -0.15) is 0 Å². The zero-order chi connectivity index (χ0) is 18.9. The first-order chi connectivity index (χ1) is 12.5. The molecule has 2 rings (SSSR count). The number of nitrogens with zero attached hydrogens (tertiary/aromatic N) is 2. The van der Waals surface area contributed by atoms with Crippen LogP contribution in [0.4, 0.5) is 5.69 Å². The second kappa shape index (κ2) is 9.53. The maximum absolute atomic E-state index is 12.4. The third kappa shape index (κ3) is 5.86. The monoisotopic (exact) mass is 356 g/mol. The Kier molecular flexibility index (Phi) is 7.11. The van der Waals surface area contributed by atoms with Gasteiger partial charge in [-0.1, -0.05) is 12.1 Å². The van der Waals surface area contributed by atoms with Gasteiger partial charge in [0.25, 0.3) is 11.8 Å². The van der Waals surface area contributed by atoms with Crippen LogP contribution in [0, 0.1) is 0 Å². The van der Waals surface area contributed by atoms with Crippen molar-refractivity contribution in [1.82, 2.24) is 15.2 Å². The van der Waals surface area contributed by atoms with Crippen molar-refractivity contribution in [3.63, 3.8) is 0 Å². The number of methoxy groups -OCH3 is 1.